The molecule has 5 nitrogen and oxygen atoms in total. The number of aliphatic carboxylic acids is 1. The lowest BCUT2D eigenvalue weighted by atomic mass is 10.1. The van der Waals surface area contributed by atoms with Gasteiger partial charge in [0.05, 0.1) is 19.1 Å². The van der Waals surface area contributed by atoms with Crippen molar-refractivity contribution in [2.24, 2.45) is 0 Å². The molecule has 1 aromatic carbocycles. The predicted molar refractivity (Wildman–Crippen MR) is 86.2 cm³/mol. The van der Waals surface area contributed by atoms with Crippen LogP contribution >= 0.6 is 11.8 Å². The number of benzene rings is 1. The van der Waals surface area contributed by atoms with Crippen molar-refractivity contribution in [3.8, 4) is 5.75 Å². The molecule has 132 valence electrons. The van der Waals surface area contributed by atoms with Crippen LogP contribution in [-0.4, -0.2) is 52.6 Å². The van der Waals surface area contributed by atoms with Crippen LogP contribution in [0.2, 0.25) is 0 Å². The van der Waals surface area contributed by atoms with Gasteiger partial charge in [0.25, 0.3) is 0 Å². The molecule has 0 spiro atoms. The highest BCUT2D eigenvalue weighted by Gasteiger charge is 2.28. The monoisotopic (exact) mass is 359 g/mol. The molecule has 0 radical (unpaired) electrons. The number of carboxylic acids is 1. The van der Waals surface area contributed by atoms with E-state index in [1.165, 1.54) is 6.07 Å². The molecule has 24 heavy (non-hydrogen) atoms. The molecular formula is C16H19F2NO4S. The average molecular weight is 359 g/mol. The van der Waals surface area contributed by atoms with Crippen molar-refractivity contribution in [3.63, 3.8) is 0 Å². The van der Waals surface area contributed by atoms with Gasteiger partial charge in [0, 0.05) is 30.5 Å². The summed E-state index contributed by atoms with van der Waals surface area (Å²) in [6, 6.07) is 2.76. The number of hydrogen-bond acceptors (Lipinski definition) is 4. The number of hydrogen-bond donors (Lipinski definition) is 1. The zero-order chi connectivity index (χ0) is 17.5. The number of carboxylic acid groups (broad SMARTS) is 1. The third kappa shape index (κ3) is 5.36. The van der Waals surface area contributed by atoms with Gasteiger partial charge in [0.2, 0.25) is 5.91 Å². The Hall–Kier alpha value is -1.83. The summed E-state index contributed by atoms with van der Waals surface area (Å²) in [6.45, 7) is 0.662. The Morgan fingerprint density at radius 2 is 2.17 bits per heavy atom. The average Bonchev–Trinajstić information content (AvgIpc) is 2.53. The summed E-state index contributed by atoms with van der Waals surface area (Å²) in [5.41, 5.74) is 0. The maximum atomic E-state index is 13.4. The summed E-state index contributed by atoms with van der Waals surface area (Å²) in [5.74, 6) is -1.14. The highest BCUT2D eigenvalue weighted by molar-refractivity contribution is 7.99. The summed E-state index contributed by atoms with van der Waals surface area (Å²) in [5, 5.41) is 8.92. The molecule has 1 unspecified atom stereocenters. The van der Waals surface area contributed by atoms with Crippen molar-refractivity contribution in [2.75, 3.05) is 24.7 Å². The maximum absolute atomic E-state index is 13.4. The maximum Gasteiger partial charge on any atom is 0.305 e. The molecule has 0 bridgehead atoms. The fraction of sp³-hybridized carbons (Fsp3) is 0.500. The second-order valence-corrected chi connectivity index (χ2v) is 6.59. The first-order valence-electron chi connectivity index (χ1n) is 7.64. The van der Waals surface area contributed by atoms with Crippen molar-refractivity contribution >= 4 is 23.6 Å². The van der Waals surface area contributed by atoms with Gasteiger partial charge in [-0.25, -0.2) is 8.78 Å². The fourth-order valence-corrected chi connectivity index (χ4v) is 3.56. The molecule has 1 aliphatic heterocycles. The Balaban J connectivity index is 1.78. The Kier molecular flexibility index (Phi) is 6.84. The smallest absolute Gasteiger partial charge is 0.305 e. The van der Waals surface area contributed by atoms with Gasteiger partial charge in [-0.15, -0.1) is 0 Å². The van der Waals surface area contributed by atoms with Crippen LogP contribution in [0.1, 0.15) is 19.3 Å². The minimum atomic E-state index is -0.921. The topological polar surface area (TPSA) is 66.8 Å². The molecule has 8 heteroatoms. The summed E-state index contributed by atoms with van der Waals surface area (Å²) in [4.78, 5) is 24.8. The van der Waals surface area contributed by atoms with E-state index in [4.69, 9.17) is 9.84 Å². The highest BCUT2D eigenvalue weighted by Crippen LogP contribution is 2.21. The van der Waals surface area contributed by atoms with E-state index in [0.29, 0.717) is 18.7 Å². The SMILES string of the molecule is O=C(O)CC1CSCCN1C(=O)CCCOc1ccc(F)cc1F. The summed E-state index contributed by atoms with van der Waals surface area (Å²) < 4.78 is 31.4. The first-order valence-corrected chi connectivity index (χ1v) is 8.79. The van der Waals surface area contributed by atoms with E-state index in [-0.39, 0.29) is 37.1 Å². The Morgan fingerprint density at radius 3 is 2.88 bits per heavy atom. The molecule has 1 saturated heterocycles. The van der Waals surface area contributed by atoms with E-state index in [1.807, 2.05) is 0 Å². The second kappa shape index (κ2) is 8.86. The number of carbonyl (C=O) groups is 2. The van der Waals surface area contributed by atoms with Gasteiger partial charge in [0.15, 0.2) is 11.6 Å². The summed E-state index contributed by atoms with van der Waals surface area (Å²) in [6.07, 6.45) is 0.513. The van der Waals surface area contributed by atoms with Crippen LogP contribution in [0.3, 0.4) is 0 Å². The number of ether oxygens (including phenoxy) is 1. The van der Waals surface area contributed by atoms with Crippen molar-refractivity contribution in [1.29, 1.82) is 0 Å². The summed E-state index contributed by atoms with van der Waals surface area (Å²) >= 11 is 1.64. The van der Waals surface area contributed by atoms with Crippen LogP contribution < -0.4 is 4.74 Å². The molecule has 1 fully saturated rings. The van der Waals surface area contributed by atoms with E-state index in [0.717, 1.165) is 17.9 Å². The third-order valence-electron chi connectivity index (χ3n) is 3.64. The van der Waals surface area contributed by atoms with Crippen molar-refractivity contribution in [3.05, 3.63) is 29.8 Å². The standard InChI is InChI=1S/C16H19F2NO4S/c17-11-3-4-14(13(18)8-11)23-6-1-2-15(20)19-5-7-24-10-12(19)9-16(21)22/h3-4,8,12H,1-2,5-7,9-10H2,(H,21,22). The van der Waals surface area contributed by atoms with Crippen molar-refractivity contribution in [1.82, 2.24) is 4.90 Å². The Labute approximate surface area is 143 Å². The van der Waals surface area contributed by atoms with Crippen molar-refractivity contribution < 1.29 is 28.2 Å². The normalized spacial score (nSPS) is 17.6. The number of amides is 1. The lowest BCUT2D eigenvalue weighted by Crippen LogP contribution is -2.47. The minimum Gasteiger partial charge on any atom is -0.491 e. The van der Waals surface area contributed by atoms with E-state index in [9.17, 15) is 18.4 Å². The van der Waals surface area contributed by atoms with Gasteiger partial charge in [-0.2, -0.15) is 11.8 Å². The minimum absolute atomic E-state index is 0.0537. The first kappa shape index (κ1) is 18.5. The van der Waals surface area contributed by atoms with E-state index in [1.54, 1.807) is 16.7 Å². The third-order valence-corrected chi connectivity index (χ3v) is 4.74. The molecule has 1 atom stereocenters. The lowest BCUT2D eigenvalue weighted by molar-refractivity contribution is -0.140. The highest BCUT2D eigenvalue weighted by atomic mass is 32.2. The zero-order valence-electron chi connectivity index (χ0n) is 13.0. The number of thioether (sulfide) groups is 1. The predicted octanol–water partition coefficient (Wildman–Crippen LogP) is 2.54. The Bertz CT molecular complexity index is 599. The van der Waals surface area contributed by atoms with Crippen LogP contribution in [0.25, 0.3) is 0 Å². The van der Waals surface area contributed by atoms with Gasteiger partial charge in [-0.3, -0.25) is 9.59 Å². The van der Waals surface area contributed by atoms with Gasteiger partial charge in [-0.05, 0) is 18.6 Å². The molecule has 1 heterocycles. The molecule has 1 aliphatic rings. The van der Waals surface area contributed by atoms with Crippen LogP contribution in [0, 0.1) is 11.6 Å². The van der Waals surface area contributed by atoms with Crippen LogP contribution in [0.15, 0.2) is 18.2 Å². The van der Waals surface area contributed by atoms with Gasteiger partial charge < -0.3 is 14.7 Å². The van der Waals surface area contributed by atoms with E-state index >= 15 is 0 Å². The molecule has 1 amide bonds. The number of halogens is 2. The first-order chi connectivity index (χ1) is 11.5. The van der Waals surface area contributed by atoms with Crippen LogP contribution in [0.5, 0.6) is 5.75 Å². The number of nitrogens with zero attached hydrogens (tertiary/aromatic N) is 1. The quantitative estimate of drug-likeness (QED) is 0.758. The Morgan fingerprint density at radius 1 is 1.38 bits per heavy atom. The van der Waals surface area contributed by atoms with Gasteiger partial charge >= 0.3 is 5.97 Å². The molecule has 0 saturated carbocycles. The van der Waals surface area contributed by atoms with Gasteiger partial charge in [0.1, 0.15) is 5.82 Å². The van der Waals surface area contributed by atoms with Crippen LogP contribution in [0.4, 0.5) is 8.78 Å². The lowest BCUT2D eigenvalue weighted by Gasteiger charge is -2.34. The van der Waals surface area contributed by atoms with Crippen molar-refractivity contribution in [2.45, 2.75) is 25.3 Å². The summed E-state index contributed by atoms with van der Waals surface area (Å²) in [7, 11) is 0. The number of rotatable bonds is 7. The molecule has 1 N–H and O–H groups in total. The molecular weight excluding hydrogens is 340 g/mol. The molecule has 1 aromatic rings. The molecule has 0 aromatic heterocycles. The van der Waals surface area contributed by atoms with E-state index in [2.05, 4.69) is 0 Å². The molecule has 2 rings (SSSR count). The van der Waals surface area contributed by atoms with Gasteiger partial charge in [-0.1, -0.05) is 0 Å². The molecule has 0 aliphatic carbocycles. The fourth-order valence-electron chi connectivity index (χ4n) is 2.50. The van der Waals surface area contributed by atoms with Crippen LogP contribution in [-0.2, 0) is 9.59 Å². The second-order valence-electron chi connectivity index (χ2n) is 5.44. The largest absolute Gasteiger partial charge is 0.491 e. The zero-order valence-corrected chi connectivity index (χ0v) is 13.9. The number of carbonyl (C=O) groups excluding carboxylic acids is 1. The van der Waals surface area contributed by atoms with E-state index < -0.39 is 17.6 Å².